The summed E-state index contributed by atoms with van der Waals surface area (Å²) >= 11 is 1.80. The van der Waals surface area contributed by atoms with Crippen molar-refractivity contribution in [3.05, 3.63) is 0 Å². The highest BCUT2D eigenvalue weighted by Crippen LogP contribution is 2.30. The molecule has 1 fully saturated rings. The van der Waals surface area contributed by atoms with E-state index in [1.54, 1.807) is 11.8 Å². The summed E-state index contributed by atoms with van der Waals surface area (Å²) in [5, 5.41) is 0.351. The van der Waals surface area contributed by atoms with Crippen molar-refractivity contribution >= 4 is 27.9 Å². The molecule has 1 saturated carbocycles. The molecule has 0 radical (unpaired) electrons. The number of carbonyl (C=O) groups is 1. The molecule has 1 aliphatic carbocycles. The van der Waals surface area contributed by atoms with E-state index in [9.17, 15) is 13.2 Å². The van der Waals surface area contributed by atoms with Gasteiger partial charge in [0.25, 0.3) is 10.2 Å². The molecule has 20 heavy (non-hydrogen) atoms. The van der Waals surface area contributed by atoms with Crippen LogP contribution in [0.3, 0.4) is 0 Å². The predicted molar refractivity (Wildman–Crippen MR) is 80.9 cm³/mol. The minimum atomic E-state index is -3.54. The number of hydrogen-bond donors (Lipinski definition) is 1. The number of carbonyl (C=O) groups excluding carboxylic acids is 1. The fourth-order valence-corrected chi connectivity index (χ4v) is 4.69. The molecular weight excluding hydrogens is 300 g/mol. The van der Waals surface area contributed by atoms with Crippen LogP contribution in [0.2, 0.25) is 0 Å². The second-order valence-electron chi connectivity index (χ2n) is 4.80. The molecule has 0 spiro atoms. The van der Waals surface area contributed by atoms with E-state index in [1.807, 2.05) is 0 Å². The van der Waals surface area contributed by atoms with Crippen molar-refractivity contribution in [3.63, 3.8) is 0 Å². The lowest BCUT2D eigenvalue weighted by Crippen LogP contribution is -2.46. The van der Waals surface area contributed by atoms with E-state index in [0.717, 1.165) is 25.0 Å². The third kappa shape index (κ3) is 5.23. The fourth-order valence-electron chi connectivity index (χ4n) is 2.23. The molecule has 1 aliphatic rings. The molecule has 2 atom stereocenters. The van der Waals surface area contributed by atoms with Crippen molar-refractivity contribution in [1.29, 1.82) is 0 Å². The van der Waals surface area contributed by atoms with E-state index < -0.39 is 16.2 Å². The number of hydrogen-bond acceptors (Lipinski definition) is 5. The zero-order valence-electron chi connectivity index (χ0n) is 12.3. The van der Waals surface area contributed by atoms with Crippen LogP contribution in [-0.4, -0.2) is 56.4 Å². The first-order valence-electron chi connectivity index (χ1n) is 6.82. The number of ether oxygens (including phenoxy) is 1. The number of rotatable bonds is 8. The van der Waals surface area contributed by atoms with E-state index in [1.165, 1.54) is 18.5 Å². The van der Waals surface area contributed by atoms with Gasteiger partial charge in [-0.1, -0.05) is 13.3 Å². The van der Waals surface area contributed by atoms with E-state index >= 15 is 0 Å². The van der Waals surface area contributed by atoms with Crippen molar-refractivity contribution in [1.82, 2.24) is 9.03 Å². The summed E-state index contributed by atoms with van der Waals surface area (Å²) < 4.78 is 32.8. The van der Waals surface area contributed by atoms with Crippen LogP contribution in [-0.2, 0) is 19.7 Å². The Morgan fingerprint density at radius 2 is 2.15 bits per heavy atom. The third-order valence-electron chi connectivity index (χ3n) is 3.40. The summed E-state index contributed by atoms with van der Waals surface area (Å²) in [5.74, 6) is 0.577. The Morgan fingerprint density at radius 1 is 1.45 bits per heavy atom. The number of thioether (sulfide) groups is 1. The predicted octanol–water partition coefficient (Wildman–Crippen LogP) is 0.990. The zero-order chi connectivity index (χ0) is 15.2. The number of nitrogens with zero attached hydrogens (tertiary/aromatic N) is 1. The Balaban J connectivity index is 2.53. The minimum Gasteiger partial charge on any atom is -0.469 e. The van der Waals surface area contributed by atoms with Gasteiger partial charge in [-0.25, -0.2) is 0 Å². The zero-order valence-corrected chi connectivity index (χ0v) is 13.9. The van der Waals surface area contributed by atoms with Gasteiger partial charge in [0.05, 0.1) is 13.5 Å². The normalized spacial score (nSPS) is 23.2. The largest absolute Gasteiger partial charge is 0.469 e. The standard InChI is InChI=1S/C12H24N2O4S2/c1-4-19-11-7-5-6-10(11)13-20(16,17)14(2)9-8-12(15)18-3/h10-11,13H,4-9H2,1-3H3. The summed E-state index contributed by atoms with van der Waals surface area (Å²) in [6, 6.07) is -0.00877. The fraction of sp³-hybridized carbons (Fsp3) is 0.917. The van der Waals surface area contributed by atoms with E-state index in [-0.39, 0.29) is 19.0 Å². The van der Waals surface area contributed by atoms with Crippen LogP contribution in [0.5, 0.6) is 0 Å². The van der Waals surface area contributed by atoms with Gasteiger partial charge in [0.1, 0.15) is 0 Å². The minimum absolute atomic E-state index is 0.00877. The van der Waals surface area contributed by atoms with Gasteiger partial charge in [0.15, 0.2) is 0 Å². The lowest BCUT2D eigenvalue weighted by molar-refractivity contribution is -0.140. The molecule has 0 aromatic heterocycles. The SMILES string of the molecule is CCSC1CCCC1NS(=O)(=O)N(C)CCC(=O)OC. The summed E-state index contributed by atoms with van der Waals surface area (Å²) in [7, 11) is -0.770. The van der Waals surface area contributed by atoms with Gasteiger partial charge in [0.2, 0.25) is 0 Å². The van der Waals surface area contributed by atoms with Gasteiger partial charge in [-0.3, -0.25) is 4.79 Å². The second-order valence-corrected chi connectivity index (χ2v) is 8.13. The molecule has 118 valence electrons. The maximum absolute atomic E-state index is 12.2. The summed E-state index contributed by atoms with van der Waals surface area (Å²) in [5.41, 5.74) is 0. The van der Waals surface area contributed by atoms with E-state index in [2.05, 4.69) is 16.4 Å². The number of nitrogens with one attached hydrogen (secondary N) is 1. The molecule has 1 rings (SSSR count). The molecule has 8 heteroatoms. The van der Waals surface area contributed by atoms with Gasteiger partial charge >= 0.3 is 5.97 Å². The monoisotopic (exact) mass is 324 g/mol. The van der Waals surface area contributed by atoms with E-state index in [4.69, 9.17) is 0 Å². The van der Waals surface area contributed by atoms with Crippen molar-refractivity contribution in [2.24, 2.45) is 0 Å². The van der Waals surface area contributed by atoms with E-state index in [0.29, 0.717) is 5.25 Å². The summed E-state index contributed by atoms with van der Waals surface area (Å²) in [6.45, 7) is 2.21. The Kier molecular flexibility index (Phi) is 7.28. The molecule has 6 nitrogen and oxygen atoms in total. The Hall–Kier alpha value is -0.310. The quantitative estimate of drug-likeness (QED) is 0.674. The first-order valence-corrected chi connectivity index (χ1v) is 9.31. The molecule has 0 aromatic rings. The lowest BCUT2D eigenvalue weighted by atomic mass is 10.3. The molecule has 0 aromatic carbocycles. The highest BCUT2D eigenvalue weighted by molar-refractivity contribution is 8.00. The van der Waals surface area contributed by atoms with Crippen LogP contribution in [0.1, 0.15) is 32.6 Å². The first-order chi connectivity index (χ1) is 9.40. The maximum Gasteiger partial charge on any atom is 0.306 e. The van der Waals surface area contributed by atoms with Crippen LogP contribution in [0.4, 0.5) is 0 Å². The summed E-state index contributed by atoms with van der Waals surface area (Å²) in [6.07, 6.45) is 3.04. The third-order valence-corrected chi connectivity index (χ3v) is 6.33. The number of methoxy groups -OCH3 is 1. The van der Waals surface area contributed by atoms with Crippen molar-refractivity contribution in [2.45, 2.75) is 43.9 Å². The molecule has 0 aliphatic heterocycles. The lowest BCUT2D eigenvalue weighted by Gasteiger charge is -2.24. The van der Waals surface area contributed by atoms with Gasteiger partial charge < -0.3 is 4.74 Å². The van der Waals surface area contributed by atoms with Gasteiger partial charge in [-0.05, 0) is 18.6 Å². The highest BCUT2D eigenvalue weighted by Gasteiger charge is 2.32. The van der Waals surface area contributed by atoms with Crippen LogP contribution in [0.25, 0.3) is 0 Å². The number of esters is 1. The van der Waals surface area contributed by atoms with Gasteiger partial charge in [-0.2, -0.15) is 29.2 Å². The molecule has 2 unspecified atom stereocenters. The maximum atomic E-state index is 12.2. The van der Waals surface area contributed by atoms with Crippen molar-refractivity contribution in [3.8, 4) is 0 Å². The van der Waals surface area contributed by atoms with Crippen LogP contribution >= 0.6 is 11.8 Å². The molecule has 0 saturated heterocycles. The second kappa shape index (κ2) is 8.21. The van der Waals surface area contributed by atoms with Gasteiger partial charge in [0, 0.05) is 24.9 Å². The van der Waals surface area contributed by atoms with Crippen LogP contribution in [0, 0.1) is 0 Å². The van der Waals surface area contributed by atoms with Crippen LogP contribution in [0.15, 0.2) is 0 Å². The highest BCUT2D eigenvalue weighted by atomic mass is 32.2. The van der Waals surface area contributed by atoms with Crippen molar-refractivity contribution < 1.29 is 17.9 Å². The Morgan fingerprint density at radius 3 is 2.75 bits per heavy atom. The summed E-state index contributed by atoms with van der Waals surface area (Å²) in [4.78, 5) is 11.1. The molecule has 1 N–H and O–H groups in total. The molecular formula is C12H24N2O4S2. The smallest absolute Gasteiger partial charge is 0.306 e. The Labute approximate surface area is 125 Å². The van der Waals surface area contributed by atoms with Gasteiger partial charge in [-0.15, -0.1) is 0 Å². The average molecular weight is 324 g/mol. The van der Waals surface area contributed by atoms with Crippen molar-refractivity contribution in [2.75, 3.05) is 26.5 Å². The first kappa shape index (κ1) is 17.7. The van der Waals surface area contributed by atoms with Crippen LogP contribution < -0.4 is 4.72 Å². The Bertz CT molecular complexity index is 414. The average Bonchev–Trinajstić information content (AvgIpc) is 2.82. The topological polar surface area (TPSA) is 75.7 Å². The molecule has 0 bridgehead atoms. The molecule has 0 heterocycles. The molecule has 0 amide bonds.